The summed E-state index contributed by atoms with van der Waals surface area (Å²) in [5, 5.41) is 4.12. The molecule has 3 nitrogen and oxygen atoms in total. The first-order chi connectivity index (χ1) is 9.61. The van der Waals surface area contributed by atoms with Gasteiger partial charge in [0.25, 0.3) is 5.91 Å². The summed E-state index contributed by atoms with van der Waals surface area (Å²) in [5.74, 6) is 1.36. The van der Waals surface area contributed by atoms with Gasteiger partial charge in [-0.15, -0.1) is 0 Å². The zero-order chi connectivity index (χ0) is 14.3. The van der Waals surface area contributed by atoms with E-state index in [0.29, 0.717) is 28.5 Å². The first kappa shape index (κ1) is 13.9. The van der Waals surface area contributed by atoms with Crippen molar-refractivity contribution in [2.45, 2.75) is 26.3 Å². The third kappa shape index (κ3) is 2.23. The Morgan fingerprint density at radius 3 is 2.95 bits per heavy atom. The highest BCUT2D eigenvalue weighted by Crippen LogP contribution is 2.35. The maximum atomic E-state index is 12.8. The molecular formula is C16H21ClN2O. The lowest BCUT2D eigenvalue weighted by Crippen LogP contribution is -2.39. The summed E-state index contributed by atoms with van der Waals surface area (Å²) in [5.41, 5.74) is 1.73. The van der Waals surface area contributed by atoms with E-state index in [0.717, 1.165) is 31.6 Å². The minimum absolute atomic E-state index is 0.133. The van der Waals surface area contributed by atoms with Crippen molar-refractivity contribution in [1.29, 1.82) is 0 Å². The van der Waals surface area contributed by atoms with E-state index in [9.17, 15) is 4.79 Å². The SMILES string of the molecule is CCC1C2CNCC2CN1C(=O)c1ccc(C)c(Cl)c1. The molecule has 1 amide bonds. The highest BCUT2D eigenvalue weighted by atomic mass is 35.5. The Hall–Kier alpha value is -1.06. The molecule has 1 aromatic rings. The standard InChI is InChI=1S/C16H21ClN2O/c1-3-15-13-8-18-7-12(13)9-19(15)16(20)11-5-4-10(2)14(17)6-11/h4-6,12-13,15,18H,3,7-9H2,1-2H3. The van der Waals surface area contributed by atoms with Crippen molar-refractivity contribution in [3.05, 3.63) is 34.3 Å². The van der Waals surface area contributed by atoms with E-state index in [1.54, 1.807) is 6.07 Å². The van der Waals surface area contributed by atoms with Crippen LogP contribution in [0.2, 0.25) is 5.02 Å². The number of fused-ring (bicyclic) bond motifs is 1. The van der Waals surface area contributed by atoms with Crippen LogP contribution in [0.25, 0.3) is 0 Å². The minimum Gasteiger partial charge on any atom is -0.335 e. The molecule has 0 aromatic heterocycles. The van der Waals surface area contributed by atoms with Crippen LogP contribution in [-0.4, -0.2) is 36.5 Å². The molecule has 2 aliphatic rings. The average molecular weight is 293 g/mol. The molecule has 108 valence electrons. The number of rotatable bonds is 2. The van der Waals surface area contributed by atoms with Crippen molar-refractivity contribution in [1.82, 2.24) is 10.2 Å². The zero-order valence-electron chi connectivity index (χ0n) is 12.0. The van der Waals surface area contributed by atoms with Crippen LogP contribution in [0, 0.1) is 18.8 Å². The number of hydrogen-bond acceptors (Lipinski definition) is 2. The Balaban J connectivity index is 1.84. The van der Waals surface area contributed by atoms with E-state index in [1.807, 2.05) is 19.1 Å². The topological polar surface area (TPSA) is 32.3 Å². The number of carbonyl (C=O) groups excluding carboxylic acids is 1. The Labute approximate surface area is 125 Å². The summed E-state index contributed by atoms with van der Waals surface area (Å²) in [6.07, 6.45) is 1.02. The van der Waals surface area contributed by atoms with Crippen LogP contribution in [0.5, 0.6) is 0 Å². The van der Waals surface area contributed by atoms with Gasteiger partial charge in [-0.2, -0.15) is 0 Å². The first-order valence-electron chi connectivity index (χ1n) is 7.39. The normalized spacial score (nSPS) is 28.8. The first-order valence-corrected chi connectivity index (χ1v) is 7.77. The molecule has 4 heteroatoms. The highest BCUT2D eigenvalue weighted by Gasteiger charge is 2.45. The van der Waals surface area contributed by atoms with Gasteiger partial charge in [-0.1, -0.05) is 24.6 Å². The van der Waals surface area contributed by atoms with Gasteiger partial charge in [-0.25, -0.2) is 0 Å². The van der Waals surface area contributed by atoms with E-state index in [2.05, 4.69) is 17.1 Å². The summed E-state index contributed by atoms with van der Waals surface area (Å²) in [6, 6.07) is 5.98. The summed E-state index contributed by atoms with van der Waals surface area (Å²) in [7, 11) is 0. The number of carbonyl (C=O) groups is 1. The molecule has 0 bridgehead atoms. The van der Waals surface area contributed by atoms with E-state index in [-0.39, 0.29) is 5.91 Å². The molecule has 2 heterocycles. The van der Waals surface area contributed by atoms with Gasteiger partial charge >= 0.3 is 0 Å². The molecule has 1 aromatic carbocycles. The maximum absolute atomic E-state index is 12.8. The van der Waals surface area contributed by atoms with Gasteiger partial charge in [0.05, 0.1) is 0 Å². The summed E-state index contributed by atoms with van der Waals surface area (Å²) < 4.78 is 0. The fourth-order valence-corrected chi connectivity index (χ4v) is 3.85. The highest BCUT2D eigenvalue weighted by molar-refractivity contribution is 6.31. The smallest absolute Gasteiger partial charge is 0.254 e. The van der Waals surface area contributed by atoms with E-state index >= 15 is 0 Å². The summed E-state index contributed by atoms with van der Waals surface area (Å²) >= 11 is 6.15. The lowest BCUT2D eigenvalue weighted by molar-refractivity contribution is 0.0711. The summed E-state index contributed by atoms with van der Waals surface area (Å²) in [4.78, 5) is 14.8. The summed E-state index contributed by atoms with van der Waals surface area (Å²) in [6.45, 7) is 7.09. The Morgan fingerprint density at radius 2 is 2.25 bits per heavy atom. The van der Waals surface area contributed by atoms with E-state index < -0.39 is 0 Å². The second kappa shape index (κ2) is 5.38. The van der Waals surface area contributed by atoms with Gasteiger partial charge in [0.2, 0.25) is 0 Å². The quantitative estimate of drug-likeness (QED) is 0.909. The predicted octanol–water partition coefficient (Wildman–Crippen LogP) is 2.72. The molecule has 0 saturated carbocycles. The van der Waals surface area contributed by atoms with Crippen LogP contribution in [0.3, 0.4) is 0 Å². The van der Waals surface area contributed by atoms with Crippen LogP contribution >= 0.6 is 11.6 Å². The van der Waals surface area contributed by atoms with E-state index in [1.165, 1.54) is 0 Å². The van der Waals surface area contributed by atoms with Crippen molar-refractivity contribution in [2.75, 3.05) is 19.6 Å². The second-order valence-corrected chi connectivity index (χ2v) is 6.39. The molecule has 0 radical (unpaired) electrons. The van der Waals surface area contributed by atoms with Gasteiger partial charge in [0.15, 0.2) is 0 Å². The number of amides is 1. The molecule has 0 spiro atoms. The van der Waals surface area contributed by atoms with Gasteiger partial charge < -0.3 is 10.2 Å². The monoisotopic (exact) mass is 292 g/mol. The lowest BCUT2D eigenvalue weighted by atomic mass is 9.93. The number of benzene rings is 1. The van der Waals surface area contributed by atoms with Crippen molar-refractivity contribution in [3.63, 3.8) is 0 Å². The largest absolute Gasteiger partial charge is 0.335 e. The van der Waals surface area contributed by atoms with E-state index in [4.69, 9.17) is 11.6 Å². The number of aryl methyl sites for hydroxylation is 1. The molecule has 2 aliphatic heterocycles. The van der Waals surface area contributed by atoms with Crippen LogP contribution < -0.4 is 5.32 Å². The van der Waals surface area contributed by atoms with Crippen molar-refractivity contribution in [2.24, 2.45) is 11.8 Å². The van der Waals surface area contributed by atoms with Crippen LogP contribution in [-0.2, 0) is 0 Å². The third-order valence-electron chi connectivity index (χ3n) is 4.82. The maximum Gasteiger partial charge on any atom is 0.254 e. The Kier molecular flexibility index (Phi) is 3.74. The van der Waals surface area contributed by atoms with Crippen molar-refractivity contribution in [3.8, 4) is 0 Å². The predicted molar refractivity (Wildman–Crippen MR) is 81.2 cm³/mol. The second-order valence-electron chi connectivity index (χ2n) is 5.98. The number of halogens is 1. The van der Waals surface area contributed by atoms with Crippen molar-refractivity contribution >= 4 is 17.5 Å². The zero-order valence-corrected chi connectivity index (χ0v) is 12.8. The molecule has 20 heavy (non-hydrogen) atoms. The third-order valence-corrected chi connectivity index (χ3v) is 5.22. The number of hydrogen-bond donors (Lipinski definition) is 1. The molecular weight excluding hydrogens is 272 g/mol. The Bertz CT molecular complexity index is 531. The lowest BCUT2D eigenvalue weighted by Gasteiger charge is -2.27. The van der Waals surface area contributed by atoms with Crippen LogP contribution in [0.4, 0.5) is 0 Å². The fraction of sp³-hybridized carbons (Fsp3) is 0.562. The molecule has 1 N–H and O–H groups in total. The molecule has 2 fully saturated rings. The number of nitrogens with zero attached hydrogens (tertiary/aromatic N) is 1. The molecule has 2 saturated heterocycles. The van der Waals surface area contributed by atoms with Crippen LogP contribution in [0.1, 0.15) is 29.3 Å². The number of nitrogens with one attached hydrogen (secondary N) is 1. The van der Waals surface area contributed by atoms with Crippen LogP contribution in [0.15, 0.2) is 18.2 Å². The number of likely N-dealkylation sites (tertiary alicyclic amines) is 1. The van der Waals surface area contributed by atoms with Gasteiger partial charge in [-0.05, 0) is 42.9 Å². The molecule has 3 atom stereocenters. The Morgan fingerprint density at radius 1 is 1.45 bits per heavy atom. The van der Waals surface area contributed by atoms with Gasteiger partial charge in [0, 0.05) is 36.3 Å². The fourth-order valence-electron chi connectivity index (χ4n) is 3.67. The average Bonchev–Trinajstić information content (AvgIpc) is 3.01. The van der Waals surface area contributed by atoms with Gasteiger partial charge in [0.1, 0.15) is 0 Å². The minimum atomic E-state index is 0.133. The molecule has 0 aliphatic carbocycles. The van der Waals surface area contributed by atoms with Crippen molar-refractivity contribution < 1.29 is 4.79 Å². The molecule has 3 rings (SSSR count). The molecule has 3 unspecified atom stereocenters. The van der Waals surface area contributed by atoms with Gasteiger partial charge in [-0.3, -0.25) is 4.79 Å².